The highest BCUT2D eigenvalue weighted by atomic mass is 79.9. The van der Waals surface area contributed by atoms with Gasteiger partial charge < -0.3 is 10.4 Å². The molecule has 2 nitrogen and oxygen atoms in total. The lowest BCUT2D eigenvalue weighted by atomic mass is 9.84. The number of benzene rings is 1. The zero-order valence-electron chi connectivity index (χ0n) is 12.0. The molecule has 0 bridgehead atoms. The first kappa shape index (κ1) is 16.6. The van der Waals surface area contributed by atoms with Crippen molar-refractivity contribution in [2.24, 2.45) is 5.41 Å². The summed E-state index contributed by atoms with van der Waals surface area (Å²) in [5, 5.41) is 12.6. The van der Waals surface area contributed by atoms with Crippen molar-refractivity contribution >= 4 is 15.9 Å². The van der Waals surface area contributed by atoms with Crippen molar-refractivity contribution in [3.05, 3.63) is 34.1 Å². The second-order valence-electron chi connectivity index (χ2n) is 5.99. The quantitative estimate of drug-likeness (QED) is 0.853. The average molecular weight is 332 g/mol. The summed E-state index contributed by atoms with van der Waals surface area (Å²) in [6, 6.07) is 5.15. The van der Waals surface area contributed by atoms with E-state index in [0.717, 1.165) is 4.47 Å². The van der Waals surface area contributed by atoms with Gasteiger partial charge in [-0.3, -0.25) is 0 Å². The molecule has 0 aliphatic carbocycles. The molecule has 0 amide bonds. The molecule has 1 aromatic carbocycles. The molecule has 0 saturated carbocycles. The van der Waals surface area contributed by atoms with Crippen molar-refractivity contribution in [1.82, 2.24) is 5.32 Å². The molecule has 0 saturated heterocycles. The van der Waals surface area contributed by atoms with Gasteiger partial charge in [0.25, 0.3) is 0 Å². The minimum atomic E-state index is -0.217. The summed E-state index contributed by atoms with van der Waals surface area (Å²) in [4.78, 5) is 0. The lowest BCUT2D eigenvalue weighted by Gasteiger charge is -2.34. The van der Waals surface area contributed by atoms with E-state index >= 15 is 0 Å². The van der Waals surface area contributed by atoms with E-state index in [1.54, 1.807) is 6.07 Å². The molecule has 19 heavy (non-hydrogen) atoms. The molecule has 0 aliphatic rings. The van der Waals surface area contributed by atoms with Crippen LogP contribution < -0.4 is 5.32 Å². The first-order valence-electron chi connectivity index (χ1n) is 6.57. The summed E-state index contributed by atoms with van der Waals surface area (Å²) < 4.78 is 14.7. The Morgan fingerprint density at radius 3 is 2.47 bits per heavy atom. The first-order valence-corrected chi connectivity index (χ1v) is 7.37. The van der Waals surface area contributed by atoms with Crippen LogP contribution >= 0.6 is 15.9 Å². The molecule has 0 radical (unpaired) electrons. The fraction of sp³-hybridized carbons (Fsp3) is 0.600. The highest BCUT2D eigenvalue weighted by Gasteiger charge is 2.26. The highest BCUT2D eigenvalue weighted by Crippen LogP contribution is 2.26. The summed E-state index contributed by atoms with van der Waals surface area (Å²) in [5.41, 5.74) is 0.665. The number of aliphatic hydroxyl groups excluding tert-OH is 1. The van der Waals surface area contributed by atoms with Gasteiger partial charge in [0.15, 0.2) is 0 Å². The Kier molecular flexibility index (Phi) is 5.96. The van der Waals surface area contributed by atoms with Crippen molar-refractivity contribution in [2.75, 3.05) is 6.61 Å². The highest BCUT2D eigenvalue weighted by molar-refractivity contribution is 9.10. The van der Waals surface area contributed by atoms with Crippen LogP contribution in [0.4, 0.5) is 4.39 Å². The largest absolute Gasteiger partial charge is 0.396 e. The van der Waals surface area contributed by atoms with Gasteiger partial charge in [-0.15, -0.1) is 0 Å². The summed E-state index contributed by atoms with van der Waals surface area (Å²) in [5.74, 6) is -0.217. The van der Waals surface area contributed by atoms with Crippen LogP contribution in [0.15, 0.2) is 22.7 Å². The summed E-state index contributed by atoms with van der Waals surface area (Å²) in [7, 11) is 0. The van der Waals surface area contributed by atoms with E-state index < -0.39 is 0 Å². The van der Waals surface area contributed by atoms with Gasteiger partial charge in [-0.05, 0) is 30.9 Å². The maximum absolute atomic E-state index is 13.9. The molecule has 4 heteroatoms. The summed E-state index contributed by atoms with van der Waals surface area (Å²) in [6.45, 7) is 8.42. The van der Waals surface area contributed by atoms with Gasteiger partial charge in [0.2, 0.25) is 0 Å². The predicted octanol–water partition coefficient (Wildman–Crippen LogP) is 4.04. The Morgan fingerprint density at radius 1 is 1.37 bits per heavy atom. The Labute approximate surface area is 123 Å². The zero-order chi connectivity index (χ0) is 14.6. The van der Waals surface area contributed by atoms with Gasteiger partial charge in [-0.1, -0.05) is 42.8 Å². The van der Waals surface area contributed by atoms with Crippen LogP contribution in [-0.4, -0.2) is 17.8 Å². The van der Waals surface area contributed by atoms with Crippen LogP contribution in [-0.2, 0) is 0 Å². The predicted molar refractivity (Wildman–Crippen MR) is 80.6 cm³/mol. The van der Waals surface area contributed by atoms with Crippen LogP contribution in [0.25, 0.3) is 0 Å². The number of hydrogen-bond acceptors (Lipinski definition) is 2. The van der Waals surface area contributed by atoms with Crippen molar-refractivity contribution < 1.29 is 9.50 Å². The smallest absolute Gasteiger partial charge is 0.129 e. The third-order valence-corrected chi connectivity index (χ3v) is 3.84. The first-order chi connectivity index (χ1) is 8.75. The number of aliphatic hydroxyl groups is 1. The van der Waals surface area contributed by atoms with Crippen LogP contribution in [0.2, 0.25) is 0 Å². The van der Waals surface area contributed by atoms with Gasteiger partial charge >= 0.3 is 0 Å². The lowest BCUT2D eigenvalue weighted by Crippen LogP contribution is -2.42. The Hall–Kier alpha value is -0.450. The van der Waals surface area contributed by atoms with Gasteiger partial charge in [-0.25, -0.2) is 4.39 Å². The molecule has 0 aliphatic heterocycles. The van der Waals surface area contributed by atoms with Gasteiger partial charge in [0.1, 0.15) is 5.82 Å². The maximum Gasteiger partial charge on any atom is 0.129 e. The van der Waals surface area contributed by atoms with Crippen LogP contribution in [0.5, 0.6) is 0 Å². The van der Waals surface area contributed by atoms with E-state index in [4.69, 9.17) is 5.11 Å². The number of rotatable bonds is 5. The molecule has 1 aromatic rings. The summed E-state index contributed by atoms with van der Waals surface area (Å²) >= 11 is 3.26. The third-order valence-electron chi connectivity index (χ3n) is 3.34. The Balaban J connectivity index is 2.84. The Morgan fingerprint density at radius 2 is 2.00 bits per heavy atom. The van der Waals surface area contributed by atoms with E-state index in [9.17, 15) is 4.39 Å². The van der Waals surface area contributed by atoms with E-state index in [-0.39, 0.29) is 29.9 Å². The van der Waals surface area contributed by atoms with Crippen LogP contribution in [0.3, 0.4) is 0 Å². The maximum atomic E-state index is 13.9. The molecule has 108 valence electrons. The third kappa shape index (κ3) is 4.86. The second-order valence-corrected chi connectivity index (χ2v) is 6.90. The van der Waals surface area contributed by atoms with Crippen molar-refractivity contribution in [3.63, 3.8) is 0 Å². The number of hydrogen-bond donors (Lipinski definition) is 2. The van der Waals surface area contributed by atoms with Gasteiger partial charge in [-0.2, -0.15) is 0 Å². The SMILES string of the molecule is CC(NC(CCO)C(C)(C)C)c1ccc(Br)cc1F. The fourth-order valence-electron chi connectivity index (χ4n) is 2.14. The minimum absolute atomic E-state index is 0.0167. The van der Waals surface area contributed by atoms with Crippen molar-refractivity contribution in [1.29, 1.82) is 0 Å². The molecular formula is C15H23BrFNO. The molecule has 2 unspecified atom stereocenters. The lowest BCUT2D eigenvalue weighted by molar-refractivity contribution is 0.187. The topological polar surface area (TPSA) is 32.3 Å². The molecule has 2 N–H and O–H groups in total. The number of halogens is 2. The average Bonchev–Trinajstić information content (AvgIpc) is 2.26. The Bertz CT molecular complexity index is 417. The molecule has 0 heterocycles. The summed E-state index contributed by atoms with van der Waals surface area (Å²) in [6.07, 6.45) is 0.659. The monoisotopic (exact) mass is 331 g/mol. The minimum Gasteiger partial charge on any atom is -0.396 e. The second kappa shape index (κ2) is 6.82. The van der Waals surface area contributed by atoms with Gasteiger partial charge in [0.05, 0.1) is 0 Å². The van der Waals surface area contributed by atoms with E-state index in [1.807, 2.05) is 13.0 Å². The normalized spacial score (nSPS) is 15.3. The van der Waals surface area contributed by atoms with Crippen LogP contribution in [0.1, 0.15) is 45.7 Å². The van der Waals surface area contributed by atoms with E-state index in [1.165, 1.54) is 6.07 Å². The van der Waals surface area contributed by atoms with E-state index in [0.29, 0.717) is 12.0 Å². The molecular weight excluding hydrogens is 309 g/mol. The molecule has 0 spiro atoms. The molecule has 0 fully saturated rings. The van der Waals surface area contributed by atoms with Crippen molar-refractivity contribution in [3.8, 4) is 0 Å². The number of nitrogens with one attached hydrogen (secondary N) is 1. The van der Waals surface area contributed by atoms with Crippen molar-refractivity contribution in [2.45, 2.75) is 46.2 Å². The zero-order valence-corrected chi connectivity index (χ0v) is 13.6. The standard InChI is InChI=1S/C15H23BrFNO/c1-10(12-6-5-11(16)9-13(12)17)18-14(7-8-19)15(2,3)4/h5-6,9-10,14,18-19H,7-8H2,1-4H3. The fourth-order valence-corrected chi connectivity index (χ4v) is 2.47. The van der Waals surface area contributed by atoms with Crippen LogP contribution in [0, 0.1) is 11.2 Å². The molecule has 1 rings (SSSR count). The molecule has 2 atom stereocenters. The molecule has 0 aromatic heterocycles. The van der Waals surface area contributed by atoms with E-state index in [2.05, 4.69) is 42.0 Å². The van der Waals surface area contributed by atoms with Gasteiger partial charge in [0, 0.05) is 28.7 Å².